The number of allylic oxidation sites excluding steroid dienone is 1. The minimum atomic E-state index is 0.980. The van der Waals surface area contributed by atoms with Gasteiger partial charge in [0.15, 0.2) is 0 Å². The van der Waals surface area contributed by atoms with Gasteiger partial charge in [0.2, 0.25) is 0 Å². The lowest BCUT2D eigenvalue weighted by Gasteiger charge is -2.11. The van der Waals surface area contributed by atoms with Crippen LogP contribution < -0.4 is 4.72 Å². The molecule has 0 fully saturated rings. The van der Waals surface area contributed by atoms with E-state index in [9.17, 15) is 0 Å². The Morgan fingerprint density at radius 2 is 2.56 bits per heavy atom. The Bertz CT molecular complexity index is 160. The van der Waals surface area contributed by atoms with Crippen molar-refractivity contribution in [1.29, 1.82) is 0 Å². The minimum absolute atomic E-state index is 0.980. The summed E-state index contributed by atoms with van der Waals surface area (Å²) in [6, 6.07) is 0. The molecule has 0 atom stereocenters. The van der Waals surface area contributed by atoms with Gasteiger partial charge < -0.3 is 4.72 Å². The van der Waals surface area contributed by atoms with E-state index in [1.54, 1.807) is 11.9 Å². The van der Waals surface area contributed by atoms with Crippen LogP contribution in [-0.4, -0.2) is 11.6 Å². The Morgan fingerprint density at radius 1 is 1.78 bits per heavy atom. The molecule has 0 saturated heterocycles. The molecule has 0 radical (unpaired) electrons. The molecule has 0 aromatic carbocycles. The second-order valence-electron chi connectivity index (χ2n) is 1.87. The molecule has 50 valence electrons. The van der Waals surface area contributed by atoms with Gasteiger partial charge in [0.1, 0.15) is 5.84 Å². The number of aliphatic imine (C=N–C) groups is 1. The minimum Gasteiger partial charge on any atom is -0.318 e. The van der Waals surface area contributed by atoms with Gasteiger partial charge in [-0.1, -0.05) is 6.08 Å². The number of nitrogens with one attached hydrogen (secondary N) is 1. The first-order chi connectivity index (χ1) is 4.33. The lowest BCUT2D eigenvalue weighted by molar-refractivity contribution is 1.22. The third-order valence-corrected chi connectivity index (χ3v) is 1.96. The molecule has 3 heteroatoms. The van der Waals surface area contributed by atoms with Crippen LogP contribution in [0.15, 0.2) is 16.8 Å². The van der Waals surface area contributed by atoms with Gasteiger partial charge >= 0.3 is 0 Å². The van der Waals surface area contributed by atoms with E-state index in [1.165, 1.54) is 0 Å². The predicted molar refractivity (Wildman–Crippen MR) is 42.5 cm³/mol. The highest BCUT2D eigenvalue weighted by Crippen LogP contribution is 2.10. The Balaban J connectivity index is 2.68. The van der Waals surface area contributed by atoms with Gasteiger partial charge in [-0.15, -0.1) is 0 Å². The van der Waals surface area contributed by atoms with Gasteiger partial charge in [-0.25, -0.2) is 4.99 Å². The Hall–Kier alpha value is -0.440. The zero-order chi connectivity index (χ0) is 6.69. The maximum absolute atomic E-state index is 4.25. The van der Waals surface area contributed by atoms with Crippen LogP contribution in [0.3, 0.4) is 0 Å². The summed E-state index contributed by atoms with van der Waals surface area (Å²) < 4.78 is 3.07. The standard InChI is InChI=1S/C6H10N2S/c1-3-6-4-9-8-5(2)7-6/h3H,4H2,1-2H3,(H,7,8)/b6-3+. The molecule has 1 rings (SSSR count). The molecule has 0 bridgehead atoms. The molecule has 2 nitrogen and oxygen atoms in total. The summed E-state index contributed by atoms with van der Waals surface area (Å²) in [6.45, 7) is 3.98. The molecule has 1 N–H and O–H groups in total. The maximum atomic E-state index is 4.25. The number of nitrogens with zero attached hydrogens (tertiary/aromatic N) is 1. The first-order valence-corrected chi connectivity index (χ1v) is 3.90. The van der Waals surface area contributed by atoms with Crippen LogP contribution in [0.4, 0.5) is 0 Å². The van der Waals surface area contributed by atoms with Crippen LogP contribution in [0.1, 0.15) is 13.8 Å². The zero-order valence-electron chi connectivity index (χ0n) is 5.64. The summed E-state index contributed by atoms with van der Waals surface area (Å²) in [4.78, 5) is 4.25. The maximum Gasteiger partial charge on any atom is 0.109 e. The van der Waals surface area contributed by atoms with Gasteiger partial charge in [0, 0.05) is 5.70 Å². The molecule has 0 aromatic heterocycles. The molecule has 0 amide bonds. The Morgan fingerprint density at radius 3 is 3.00 bits per heavy atom. The first kappa shape index (κ1) is 6.68. The van der Waals surface area contributed by atoms with Crippen molar-refractivity contribution >= 4 is 17.8 Å². The second-order valence-corrected chi connectivity index (χ2v) is 2.65. The molecular formula is C6H10N2S. The topological polar surface area (TPSA) is 24.4 Å². The molecule has 0 saturated carbocycles. The molecule has 0 aromatic rings. The molecule has 1 heterocycles. The summed E-state index contributed by atoms with van der Waals surface area (Å²) in [5.41, 5.74) is 1.16. The van der Waals surface area contributed by atoms with Crippen molar-refractivity contribution in [3.05, 3.63) is 11.8 Å². The zero-order valence-corrected chi connectivity index (χ0v) is 6.46. The highest BCUT2D eigenvalue weighted by Gasteiger charge is 2.01. The second kappa shape index (κ2) is 2.92. The summed E-state index contributed by atoms with van der Waals surface area (Å²) >= 11 is 1.69. The molecule has 1 aliphatic heterocycles. The van der Waals surface area contributed by atoms with E-state index in [-0.39, 0.29) is 0 Å². The SMILES string of the molecule is C/C=C1\CSNC(C)=N1. The summed E-state index contributed by atoms with van der Waals surface area (Å²) in [6.07, 6.45) is 2.04. The van der Waals surface area contributed by atoms with Crippen molar-refractivity contribution in [2.45, 2.75) is 13.8 Å². The van der Waals surface area contributed by atoms with Crippen molar-refractivity contribution in [2.75, 3.05) is 5.75 Å². The molecule has 1 aliphatic rings. The van der Waals surface area contributed by atoms with Gasteiger partial charge in [-0.05, 0) is 25.8 Å². The van der Waals surface area contributed by atoms with Gasteiger partial charge in [-0.2, -0.15) is 0 Å². The van der Waals surface area contributed by atoms with E-state index in [1.807, 2.05) is 19.9 Å². The van der Waals surface area contributed by atoms with Crippen LogP contribution >= 0.6 is 11.9 Å². The van der Waals surface area contributed by atoms with Crippen LogP contribution in [0.5, 0.6) is 0 Å². The van der Waals surface area contributed by atoms with Gasteiger partial charge in [0.25, 0.3) is 0 Å². The quantitative estimate of drug-likeness (QED) is 0.519. The average molecular weight is 142 g/mol. The number of amidine groups is 1. The van der Waals surface area contributed by atoms with Crippen LogP contribution in [0.2, 0.25) is 0 Å². The van der Waals surface area contributed by atoms with E-state index in [0.717, 1.165) is 17.3 Å². The van der Waals surface area contributed by atoms with Gasteiger partial charge in [-0.3, -0.25) is 0 Å². The summed E-state index contributed by atoms with van der Waals surface area (Å²) in [5, 5.41) is 0. The van der Waals surface area contributed by atoms with Crippen molar-refractivity contribution in [3.8, 4) is 0 Å². The van der Waals surface area contributed by atoms with E-state index >= 15 is 0 Å². The largest absolute Gasteiger partial charge is 0.318 e. The summed E-state index contributed by atoms with van der Waals surface area (Å²) in [7, 11) is 0. The highest BCUT2D eigenvalue weighted by atomic mass is 32.2. The number of hydrogen-bond donors (Lipinski definition) is 1. The van der Waals surface area contributed by atoms with Crippen LogP contribution in [-0.2, 0) is 0 Å². The molecule has 0 unspecified atom stereocenters. The first-order valence-electron chi connectivity index (χ1n) is 2.91. The summed E-state index contributed by atoms with van der Waals surface area (Å²) in [5.74, 6) is 1.98. The van der Waals surface area contributed by atoms with Crippen LogP contribution in [0.25, 0.3) is 0 Å². The molecule has 9 heavy (non-hydrogen) atoms. The fraction of sp³-hybridized carbons (Fsp3) is 0.500. The Labute approximate surface area is 59.6 Å². The molecule has 0 spiro atoms. The highest BCUT2D eigenvalue weighted by molar-refractivity contribution is 7.98. The van der Waals surface area contributed by atoms with Crippen molar-refractivity contribution in [3.63, 3.8) is 0 Å². The van der Waals surface area contributed by atoms with Gasteiger partial charge in [0.05, 0.1) is 5.75 Å². The van der Waals surface area contributed by atoms with Crippen molar-refractivity contribution in [1.82, 2.24) is 4.72 Å². The predicted octanol–water partition coefficient (Wildman–Crippen LogP) is 1.56. The third-order valence-electron chi connectivity index (χ3n) is 1.08. The normalized spacial score (nSPS) is 23.3. The number of rotatable bonds is 0. The van der Waals surface area contributed by atoms with Crippen LogP contribution in [0, 0.1) is 0 Å². The fourth-order valence-corrected chi connectivity index (χ4v) is 1.34. The Kier molecular flexibility index (Phi) is 2.16. The van der Waals surface area contributed by atoms with E-state index in [2.05, 4.69) is 9.71 Å². The average Bonchev–Trinajstić information content (AvgIpc) is 1.88. The molecular weight excluding hydrogens is 132 g/mol. The fourth-order valence-electron chi connectivity index (χ4n) is 0.633. The van der Waals surface area contributed by atoms with E-state index in [4.69, 9.17) is 0 Å². The van der Waals surface area contributed by atoms with E-state index < -0.39 is 0 Å². The van der Waals surface area contributed by atoms with Crippen molar-refractivity contribution in [2.24, 2.45) is 4.99 Å². The number of hydrogen-bond acceptors (Lipinski definition) is 3. The third kappa shape index (κ3) is 1.75. The lowest BCUT2D eigenvalue weighted by atomic mass is 10.4. The smallest absolute Gasteiger partial charge is 0.109 e. The lowest BCUT2D eigenvalue weighted by Crippen LogP contribution is -2.17. The molecule has 0 aliphatic carbocycles. The monoisotopic (exact) mass is 142 g/mol. The van der Waals surface area contributed by atoms with E-state index in [0.29, 0.717) is 0 Å². The van der Waals surface area contributed by atoms with Crippen molar-refractivity contribution < 1.29 is 0 Å².